The molecule has 1 rings (SSSR count). The summed E-state index contributed by atoms with van der Waals surface area (Å²) in [6, 6.07) is 4.36. The van der Waals surface area contributed by atoms with Gasteiger partial charge in [-0.15, -0.1) is 0 Å². The van der Waals surface area contributed by atoms with Crippen LogP contribution in [0.1, 0.15) is 26.3 Å². The van der Waals surface area contributed by atoms with Crippen LogP contribution >= 0.6 is 11.6 Å². The monoisotopic (exact) mass is 271 g/mol. The summed E-state index contributed by atoms with van der Waals surface area (Å²) in [6.07, 6.45) is 0.631. The fourth-order valence-electron chi connectivity index (χ4n) is 1.44. The first-order valence-electron chi connectivity index (χ1n) is 5.80. The Morgan fingerprint density at radius 2 is 2.11 bits per heavy atom. The predicted molar refractivity (Wildman–Crippen MR) is 74.5 cm³/mol. The number of halogens is 2. The molecule has 0 atom stereocenters. The molecule has 3 nitrogen and oxygen atoms in total. The van der Waals surface area contributed by atoms with Gasteiger partial charge < -0.3 is 11.1 Å². The van der Waals surface area contributed by atoms with Gasteiger partial charge in [0.15, 0.2) is 5.96 Å². The van der Waals surface area contributed by atoms with Crippen LogP contribution in [-0.2, 0) is 6.42 Å². The van der Waals surface area contributed by atoms with E-state index in [-0.39, 0.29) is 11.4 Å². The lowest BCUT2D eigenvalue weighted by molar-refractivity contribution is 0.508. The SMILES string of the molecule is CC(C)(C)NC(N)=NCCc1ccc(F)cc1Cl. The van der Waals surface area contributed by atoms with Gasteiger partial charge in [-0.3, -0.25) is 4.99 Å². The van der Waals surface area contributed by atoms with Gasteiger partial charge in [0.1, 0.15) is 5.82 Å². The Morgan fingerprint density at radius 3 is 2.67 bits per heavy atom. The van der Waals surface area contributed by atoms with E-state index in [0.29, 0.717) is 23.9 Å². The number of rotatable bonds is 3. The lowest BCUT2D eigenvalue weighted by Gasteiger charge is -2.20. The Bertz CT molecular complexity index is 438. The van der Waals surface area contributed by atoms with Gasteiger partial charge in [-0.25, -0.2) is 4.39 Å². The molecule has 0 spiro atoms. The van der Waals surface area contributed by atoms with Crippen LogP contribution in [0, 0.1) is 5.82 Å². The first kappa shape index (κ1) is 14.8. The van der Waals surface area contributed by atoms with Crippen molar-refractivity contribution in [2.75, 3.05) is 6.54 Å². The quantitative estimate of drug-likeness (QED) is 0.656. The summed E-state index contributed by atoms with van der Waals surface area (Å²) in [7, 11) is 0. The van der Waals surface area contributed by atoms with Crippen molar-refractivity contribution in [1.82, 2.24) is 5.32 Å². The predicted octanol–water partition coefficient (Wildman–Crippen LogP) is 2.72. The number of nitrogens with two attached hydrogens (primary N) is 1. The van der Waals surface area contributed by atoms with Crippen LogP contribution in [-0.4, -0.2) is 18.0 Å². The van der Waals surface area contributed by atoms with Crippen LogP contribution in [0.25, 0.3) is 0 Å². The normalized spacial score (nSPS) is 12.6. The Kier molecular flexibility index (Phi) is 4.96. The molecule has 0 aliphatic carbocycles. The second-order valence-electron chi connectivity index (χ2n) is 5.13. The first-order valence-corrected chi connectivity index (χ1v) is 6.18. The lowest BCUT2D eigenvalue weighted by Crippen LogP contribution is -2.45. The highest BCUT2D eigenvalue weighted by Crippen LogP contribution is 2.17. The largest absolute Gasteiger partial charge is 0.370 e. The van der Waals surface area contributed by atoms with E-state index in [0.717, 1.165) is 5.56 Å². The van der Waals surface area contributed by atoms with Crippen molar-refractivity contribution in [3.63, 3.8) is 0 Å². The Balaban J connectivity index is 2.53. The van der Waals surface area contributed by atoms with Gasteiger partial charge in [-0.05, 0) is 44.9 Å². The number of nitrogens with one attached hydrogen (secondary N) is 1. The molecule has 3 N–H and O–H groups in total. The minimum Gasteiger partial charge on any atom is -0.370 e. The molecule has 0 unspecified atom stereocenters. The molecule has 0 radical (unpaired) electrons. The smallest absolute Gasteiger partial charge is 0.188 e. The topological polar surface area (TPSA) is 50.4 Å². The van der Waals surface area contributed by atoms with Gasteiger partial charge in [0, 0.05) is 17.1 Å². The molecule has 5 heteroatoms. The zero-order valence-corrected chi connectivity index (χ0v) is 11.7. The summed E-state index contributed by atoms with van der Waals surface area (Å²) in [4.78, 5) is 4.20. The van der Waals surface area contributed by atoms with E-state index in [1.807, 2.05) is 20.8 Å². The van der Waals surface area contributed by atoms with Gasteiger partial charge in [-0.1, -0.05) is 17.7 Å². The van der Waals surface area contributed by atoms with E-state index in [1.165, 1.54) is 12.1 Å². The summed E-state index contributed by atoms with van der Waals surface area (Å²) in [6.45, 7) is 6.53. The van der Waals surface area contributed by atoms with Crippen LogP contribution < -0.4 is 11.1 Å². The highest BCUT2D eigenvalue weighted by atomic mass is 35.5. The Labute approximate surface area is 112 Å². The minimum absolute atomic E-state index is 0.110. The van der Waals surface area contributed by atoms with Crippen molar-refractivity contribution in [2.24, 2.45) is 10.7 Å². The van der Waals surface area contributed by atoms with Crippen LogP contribution in [0.4, 0.5) is 4.39 Å². The number of aliphatic imine (C=N–C) groups is 1. The third kappa shape index (κ3) is 5.36. The molecular weight excluding hydrogens is 253 g/mol. The number of nitrogens with zero attached hydrogens (tertiary/aromatic N) is 1. The molecule has 100 valence electrons. The van der Waals surface area contributed by atoms with Gasteiger partial charge in [0.05, 0.1) is 0 Å². The Hall–Kier alpha value is -1.29. The molecule has 0 saturated carbocycles. The lowest BCUT2D eigenvalue weighted by atomic mass is 10.1. The minimum atomic E-state index is -0.332. The van der Waals surface area contributed by atoms with Crippen molar-refractivity contribution in [3.05, 3.63) is 34.6 Å². The first-order chi connectivity index (χ1) is 8.28. The van der Waals surface area contributed by atoms with Gasteiger partial charge in [-0.2, -0.15) is 0 Å². The average molecular weight is 272 g/mol. The summed E-state index contributed by atoms with van der Waals surface area (Å²) >= 11 is 5.92. The zero-order chi connectivity index (χ0) is 13.8. The van der Waals surface area contributed by atoms with E-state index < -0.39 is 0 Å². The van der Waals surface area contributed by atoms with Crippen LogP contribution in [0.2, 0.25) is 5.02 Å². The van der Waals surface area contributed by atoms with Crippen molar-refractivity contribution >= 4 is 17.6 Å². The van der Waals surface area contributed by atoms with Crippen molar-refractivity contribution in [3.8, 4) is 0 Å². The number of benzene rings is 1. The second-order valence-corrected chi connectivity index (χ2v) is 5.53. The molecule has 18 heavy (non-hydrogen) atoms. The fraction of sp³-hybridized carbons (Fsp3) is 0.462. The molecule has 0 aliphatic heterocycles. The Morgan fingerprint density at radius 1 is 1.44 bits per heavy atom. The number of hydrogen-bond acceptors (Lipinski definition) is 1. The highest BCUT2D eigenvalue weighted by molar-refractivity contribution is 6.31. The van der Waals surface area contributed by atoms with Crippen LogP contribution in [0.15, 0.2) is 23.2 Å². The van der Waals surface area contributed by atoms with E-state index in [4.69, 9.17) is 17.3 Å². The molecule has 0 heterocycles. The maximum atomic E-state index is 12.8. The molecule has 1 aromatic rings. The standard InChI is InChI=1S/C13H19ClFN3/c1-13(2,3)18-12(16)17-7-6-9-4-5-10(15)8-11(9)14/h4-5,8H,6-7H2,1-3H3,(H3,16,17,18). The summed E-state index contributed by atoms with van der Waals surface area (Å²) < 4.78 is 12.8. The number of hydrogen-bond donors (Lipinski definition) is 2. The molecule has 0 bridgehead atoms. The second kappa shape index (κ2) is 6.05. The summed E-state index contributed by atoms with van der Waals surface area (Å²) in [5.41, 5.74) is 6.49. The van der Waals surface area contributed by atoms with E-state index >= 15 is 0 Å². The summed E-state index contributed by atoms with van der Waals surface area (Å²) in [5, 5.41) is 3.49. The van der Waals surface area contributed by atoms with Gasteiger partial charge in [0.25, 0.3) is 0 Å². The zero-order valence-electron chi connectivity index (χ0n) is 10.9. The maximum Gasteiger partial charge on any atom is 0.188 e. The molecule has 0 fully saturated rings. The highest BCUT2D eigenvalue weighted by Gasteiger charge is 2.09. The van der Waals surface area contributed by atoms with E-state index in [9.17, 15) is 4.39 Å². The van der Waals surface area contributed by atoms with E-state index in [1.54, 1.807) is 6.07 Å². The van der Waals surface area contributed by atoms with Crippen LogP contribution in [0.5, 0.6) is 0 Å². The van der Waals surface area contributed by atoms with E-state index in [2.05, 4.69) is 10.3 Å². The number of guanidine groups is 1. The average Bonchev–Trinajstić information content (AvgIpc) is 2.18. The van der Waals surface area contributed by atoms with Crippen molar-refractivity contribution in [1.29, 1.82) is 0 Å². The third-order valence-electron chi connectivity index (χ3n) is 2.18. The third-order valence-corrected chi connectivity index (χ3v) is 2.53. The van der Waals surface area contributed by atoms with Gasteiger partial charge >= 0.3 is 0 Å². The maximum absolute atomic E-state index is 12.8. The molecule has 1 aromatic carbocycles. The molecule has 0 aromatic heterocycles. The van der Waals surface area contributed by atoms with Crippen LogP contribution in [0.3, 0.4) is 0 Å². The molecule has 0 amide bonds. The molecular formula is C13H19ClFN3. The summed E-state index contributed by atoms with van der Waals surface area (Å²) in [5.74, 6) is 0.0712. The van der Waals surface area contributed by atoms with Crippen molar-refractivity contribution in [2.45, 2.75) is 32.7 Å². The fourth-order valence-corrected chi connectivity index (χ4v) is 1.71. The molecule has 0 aliphatic rings. The van der Waals surface area contributed by atoms with Crippen molar-refractivity contribution < 1.29 is 4.39 Å². The van der Waals surface area contributed by atoms with Gasteiger partial charge in [0.2, 0.25) is 0 Å². The molecule has 0 saturated heterocycles.